The fourth-order valence-electron chi connectivity index (χ4n) is 2.27. The van der Waals surface area contributed by atoms with Crippen molar-refractivity contribution in [2.75, 3.05) is 17.7 Å². The lowest BCUT2D eigenvalue weighted by atomic mass is 10.1. The van der Waals surface area contributed by atoms with Crippen molar-refractivity contribution in [3.8, 4) is 0 Å². The molecule has 1 atom stereocenters. The maximum atomic E-state index is 11.8. The Balaban J connectivity index is 2.59. The lowest BCUT2D eigenvalue weighted by Crippen LogP contribution is -2.16. The van der Waals surface area contributed by atoms with Gasteiger partial charge in [-0.25, -0.2) is 4.79 Å². The average molecular weight is 292 g/mol. The van der Waals surface area contributed by atoms with E-state index in [1.54, 1.807) is 19.1 Å². The lowest BCUT2D eigenvalue weighted by molar-refractivity contribution is 0.0527. The van der Waals surface area contributed by atoms with Crippen molar-refractivity contribution in [3.63, 3.8) is 0 Å². The van der Waals surface area contributed by atoms with Gasteiger partial charge in [0.05, 0.1) is 12.2 Å². The van der Waals surface area contributed by atoms with E-state index in [2.05, 4.69) is 19.2 Å². The van der Waals surface area contributed by atoms with Gasteiger partial charge in [0, 0.05) is 17.4 Å². The number of ether oxygens (including phenoxy) is 1. The lowest BCUT2D eigenvalue weighted by Gasteiger charge is -2.16. The Labute approximate surface area is 128 Å². The standard InChI is InChI=1S/C17H28N2O2/c1-4-6-7-8-9-13(3)19-14-10-11-16(18)15(12-14)17(20)21-5-2/h10-13,19H,4-9,18H2,1-3H3. The van der Waals surface area contributed by atoms with Gasteiger partial charge < -0.3 is 15.8 Å². The first-order valence-corrected chi connectivity index (χ1v) is 7.91. The monoisotopic (exact) mass is 292 g/mol. The molecule has 0 saturated carbocycles. The molecule has 4 nitrogen and oxygen atoms in total. The van der Waals surface area contributed by atoms with Crippen molar-refractivity contribution in [1.29, 1.82) is 0 Å². The number of carbonyl (C=O) groups is 1. The van der Waals surface area contributed by atoms with E-state index in [9.17, 15) is 4.79 Å². The number of unbranched alkanes of at least 4 members (excludes halogenated alkanes) is 3. The van der Waals surface area contributed by atoms with Crippen LogP contribution in [0.3, 0.4) is 0 Å². The number of hydrogen-bond acceptors (Lipinski definition) is 4. The Hall–Kier alpha value is -1.71. The zero-order chi connectivity index (χ0) is 15.7. The van der Waals surface area contributed by atoms with Crippen molar-refractivity contribution >= 4 is 17.3 Å². The summed E-state index contributed by atoms with van der Waals surface area (Å²) in [6, 6.07) is 5.80. The topological polar surface area (TPSA) is 64.3 Å². The van der Waals surface area contributed by atoms with Crippen LogP contribution in [0.1, 0.15) is 63.2 Å². The summed E-state index contributed by atoms with van der Waals surface area (Å²) in [6.45, 7) is 6.51. The van der Waals surface area contributed by atoms with Gasteiger partial charge in [-0.2, -0.15) is 0 Å². The molecular formula is C17H28N2O2. The molecule has 0 aromatic heterocycles. The highest BCUT2D eigenvalue weighted by Gasteiger charge is 2.12. The van der Waals surface area contributed by atoms with E-state index in [0.717, 1.165) is 12.1 Å². The van der Waals surface area contributed by atoms with Gasteiger partial charge >= 0.3 is 5.97 Å². The quantitative estimate of drug-likeness (QED) is 0.406. The number of anilines is 2. The number of nitrogen functional groups attached to an aromatic ring is 1. The molecule has 0 aliphatic rings. The van der Waals surface area contributed by atoms with E-state index in [-0.39, 0.29) is 5.97 Å². The molecule has 3 N–H and O–H groups in total. The summed E-state index contributed by atoms with van der Waals surface area (Å²) in [5.41, 5.74) is 7.63. The van der Waals surface area contributed by atoms with Crippen LogP contribution in [0.4, 0.5) is 11.4 Å². The van der Waals surface area contributed by atoms with Crippen LogP contribution in [0, 0.1) is 0 Å². The Morgan fingerprint density at radius 2 is 2.05 bits per heavy atom. The molecule has 1 rings (SSSR count). The van der Waals surface area contributed by atoms with Crippen molar-refractivity contribution in [2.24, 2.45) is 0 Å². The van der Waals surface area contributed by atoms with Gasteiger partial charge in [-0.05, 0) is 38.5 Å². The molecule has 21 heavy (non-hydrogen) atoms. The Morgan fingerprint density at radius 3 is 2.71 bits per heavy atom. The van der Waals surface area contributed by atoms with E-state index < -0.39 is 0 Å². The fourth-order valence-corrected chi connectivity index (χ4v) is 2.27. The third-order valence-corrected chi connectivity index (χ3v) is 3.45. The van der Waals surface area contributed by atoms with Gasteiger partial charge in [-0.15, -0.1) is 0 Å². The van der Waals surface area contributed by atoms with Crippen LogP contribution in [0.25, 0.3) is 0 Å². The van der Waals surface area contributed by atoms with E-state index in [1.165, 1.54) is 25.7 Å². The van der Waals surface area contributed by atoms with Gasteiger partial charge in [0.15, 0.2) is 0 Å². The van der Waals surface area contributed by atoms with Crippen LogP contribution < -0.4 is 11.1 Å². The summed E-state index contributed by atoms with van der Waals surface area (Å²) in [6.07, 6.45) is 6.17. The second kappa shape index (κ2) is 9.27. The van der Waals surface area contributed by atoms with Crippen molar-refractivity contribution in [2.45, 2.75) is 58.9 Å². The molecule has 1 aromatic rings. The number of nitrogens with one attached hydrogen (secondary N) is 1. The summed E-state index contributed by atoms with van der Waals surface area (Å²) in [5.74, 6) is -0.366. The zero-order valence-corrected chi connectivity index (χ0v) is 13.4. The van der Waals surface area contributed by atoms with E-state index in [1.807, 2.05) is 6.07 Å². The molecule has 0 amide bonds. The second-order valence-electron chi connectivity index (χ2n) is 5.42. The molecule has 0 bridgehead atoms. The number of benzene rings is 1. The van der Waals surface area contributed by atoms with Gasteiger partial charge in [0.25, 0.3) is 0 Å². The fraction of sp³-hybridized carbons (Fsp3) is 0.588. The Kier molecular flexibility index (Phi) is 7.65. The summed E-state index contributed by atoms with van der Waals surface area (Å²) >= 11 is 0. The van der Waals surface area contributed by atoms with E-state index >= 15 is 0 Å². The number of esters is 1. The van der Waals surface area contributed by atoms with Crippen molar-refractivity contribution in [3.05, 3.63) is 23.8 Å². The minimum atomic E-state index is -0.366. The van der Waals surface area contributed by atoms with Crippen LogP contribution in [-0.2, 0) is 4.74 Å². The maximum Gasteiger partial charge on any atom is 0.340 e. The zero-order valence-electron chi connectivity index (χ0n) is 13.4. The predicted molar refractivity (Wildman–Crippen MR) is 88.7 cm³/mol. The molecule has 4 heteroatoms. The summed E-state index contributed by atoms with van der Waals surface area (Å²) in [4.78, 5) is 11.8. The highest BCUT2D eigenvalue weighted by atomic mass is 16.5. The molecular weight excluding hydrogens is 264 g/mol. The molecule has 1 unspecified atom stereocenters. The molecule has 0 heterocycles. The van der Waals surface area contributed by atoms with Crippen LogP contribution in [0.5, 0.6) is 0 Å². The maximum absolute atomic E-state index is 11.8. The second-order valence-corrected chi connectivity index (χ2v) is 5.42. The van der Waals surface area contributed by atoms with Crippen LogP contribution >= 0.6 is 0 Å². The van der Waals surface area contributed by atoms with Crippen molar-refractivity contribution in [1.82, 2.24) is 0 Å². The molecule has 118 valence electrons. The summed E-state index contributed by atoms with van der Waals surface area (Å²) in [7, 11) is 0. The SMILES string of the molecule is CCCCCCC(C)Nc1ccc(N)c(C(=O)OCC)c1. The van der Waals surface area contributed by atoms with E-state index in [0.29, 0.717) is 23.9 Å². The molecule has 0 saturated heterocycles. The molecule has 0 fully saturated rings. The van der Waals surface area contributed by atoms with Gasteiger partial charge in [-0.3, -0.25) is 0 Å². The minimum Gasteiger partial charge on any atom is -0.462 e. The summed E-state index contributed by atoms with van der Waals surface area (Å²) in [5, 5.41) is 3.42. The predicted octanol–water partition coefficient (Wildman–Crippen LogP) is 4.22. The van der Waals surface area contributed by atoms with Crippen LogP contribution in [0.15, 0.2) is 18.2 Å². The third-order valence-electron chi connectivity index (χ3n) is 3.45. The average Bonchev–Trinajstić information content (AvgIpc) is 2.46. The van der Waals surface area contributed by atoms with Gasteiger partial charge in [0.2, 0.25) is 0 Å². The molecule has 0 radical (unpaired) electrons. The molecule has 1 aromatic carbocycles. The van der Waals surface area contributed by atoms with Crippen LogP contribution in [0.2, 0.25) is 0 Å². The molecule has 0 aliphatic heterocycles. The first-order valence-electron chi connectivity index (χ1n) is 7.91. The normalized spacial score (nSPS) is 12.0. The number of hydrogen-bond donors (Lipinski definition) is 2. The minimum absolute atomic E-state index is 0.351. The Bertz CT molecular complexity index is 446. The van der Waals surface area contributed by atoms with Gasteiger partial charge in [-0.1, -0.05) is 32.6 Å². The molecule has 0 spiro atoms. The summed E-state index contributed by atoms with van der Waals surface area (Å²) < 4.78 is 5.01. The van der Waals surface area contributed by atoms with Crippen LogP contribution in [-0.4, -0.2) is 18.6 Å². The smallest absolute Gasteiger partial charge is 0.340 e. The number of rotatable bonds is 9. The first-order chi connectivity index (χ1) is 10.1. The number of nitrogens with two attached hydrogens (primary N) is 1. The third kappa shape index (κ3) is 6.06. The Morgan fingerprint density at radius 1 is 1.29 bits per heavy atom. The van der Waals surface area contributed by atoms with Crippen molar-refractivity contribution < 1.29 is 9.53 Å². The molecule has 0 aliphatic carbocycles. The first kappa shape index (κ1) is 17.3. The highest BCUT2D eigenvalue weighted by molar-refractivity contribution is 5.96. The largest absolute Gasteiger partial charge is 0.462 e. The van der Waals surface area contributed by atoms with E-state index in [4.69, 9.17) is 10.5 Å². The van der Waals surface area contributed by atoms with Gasteiger partial charge in [0.1, 0.15) is 0 Å². The number of carbonyl (C=O) groups excluding carboxylic acids is 1. The highest BCUT2D eigenvalue weighted by Crippen LogP contribution is 2.20.